The van der Waals surface area contributed by atoms with E-state index in [9.17, 15) is 4.79 Å². The molecule has 6 rings (SSSR count). The third-order valence-corrected chi connectivity index (χ3v) is 7.86. The Hall–Kier alpha value is -3.58. The summed E-state index contributed by atoms with van der Waals surface area (Å²) in [5.74, 6) is 0.918. The first-order valence-corrected chi connectivity index (χ1v) is 13.3. The van der Waals surface area contributed by atoms with Crippen molar-refractivity contribution >= 4 is 17.7 Å². The summed E-state index contributed by atoms with van der Waals surface area (Å²) in [7, 11) is 1.68. The lowest BCUT2D eigenvalue weighted by Crippen LogP contribution is -2.39. The molecule has 37 heavy (non-hydrogen) atoms. The van der Waals surface area contributed by atoms with Crippen molar-refractivity contribution in [2.24, 2.45) is 0 Å². The van der Waals surface area contributed by atoms with E-state index in [1.165, 1.54) is 16.8 Å². The number of nitrogens with zero attached hydrogens (tertiary/aromatic N) is 4. The van der Waals surface area contributed by atoms with Gasteiger partial charge in [0.1, 0.15) is 5.75 Å². The van der Waals surface area contributed by atoms with Gasteiger partial charge in [-0.1, -0.05) is 18.2 Å². The second kappa shape index (κ2) is 10.1. The molecule has 0 bridgehead atoms. The lowest BCUT2D eigenvalue weighted by atomic mass is 9.97. The number of hydrogen-bond acceptors (Lipinski definition) is 5. The third-order valence-electron chi connectivity index (χ3n) is 7.86. The standard InChI is InChI=1S/C30H34N4O3/c1-21-19-33(20-31-21)28-10-8-22(18-29(28)36-2)17-23-5-4-12-34(30(23)35)27-11-9-25-24(27)6-3-7-26(25)32-13-15-37-16-14-32/h3,6-8,10,17-20,27H,4-5,9,11-16H2,1-2H3/t27-/m1/s1. The normalized spacial score (nSPS) is 21.0. The van der Waals surface area contributed by atoms with Crippen molar-refractivity contribution in [1.82, 2.24) is 14.5 Å². The van der Waals surface area contributed by atoms with Gasteiger partial charge in [-0.15, -0.1) is 0 Å². The fourth-order valence-electron chi connectivity index (χ4n) is 6.05. The number of benzene rings is 2. The van der Waals surface area contributed by atoms with Crippen LogP contribution in [0.3, 0.4) is 0 Å². The highest BCUT2D eigenvalue weighted by atomic mass is 16.5. The molecule has 7 heteroatoms. The van der Waals surface area contributed by atoms with Crippen molar-refractivity contribution < 1.29 is 14.3 Å². The predicted octanol–water partition coefficient (Wildman–Crippen LogP) is 4.72. The van der Waals surface area contributed by atoms with Gasteiger partial charge < -0.3 is 23.8 Å². The minimum absolute atomic E-state index is 0.147. The Bertz CT molecular complexity index is 1340. The second-order valence-corrected chi connectivity index (χ2v) is 10.1. The first-order valence-electron chi connectivity index (χ1n) is 13.3. The summed E-state index contributed by atoms with van der Waals surface area (Å²) >= 11 is 0. The molecular weight excluding hydrogens is 464 g/mol. The molecule has 3 heterocycles. The van der Waals surface area contributed by atoms with Crippen molar-refractivity contribution in [2.45, 2.75) is 38.6 Å². The van der Waals surface area contributed by atoms with E-state index in [0.717, 1.165) is 86.8 Å². The van der Waals surface area contributed by atoms with Crippen LogP contribution >= 0.6 is 0 Å². The van der Waals surface area contributed by atoms with Crippen molar-refractivity contribution in [3.05, 3.63) is 76.9 Å². The van der Waals surface area contributed by atoms with Crippen LogP contribution in [0.5, 0.6) is 5.75 Å². The van der Waals surface area contributed by atoms with E-state index >= 15 is 0 Å². The maximum absolute atomic E-state index is 13.7. The summed E-state index contributed by atoms with van der Waals surface area (Å²) in [6, 6.07) is 12.8. The van der Waals surface area contributed by atoms with Crippen LogP contribution in [0.4, 0.5) is 5.69 Å². The van der Waals surface area contributed by atoms with Crippen LogP contribution in [0.1, 0.15) is 47.7 Å². The summed E-state index contributed by atoms with van der Waals surface area (Å²) in [6.45, 7) is 6.19. The summed E-state index contributed by atoms with van der Waals surface area (Å²) in [6.07, 6.45) is 9.59. The van der Waals surface area contributed by atoms with Crippen molar-refractivity contribution in [3.63, 3.8) is 0 Å². The monoisotopic (exact) mass is 498 g/mol. The number of piperidine rings is 1. The van der Waals surface area contributed by atoms with Gasteiger partial charge in [0.15, 0.2) is 0 Å². The SMILES string of the molecule is COc1cc(C=C2CCCN([C@@H]3CCc4c3cccc4N3CCOCC3)C2=O)ccc1-n1cnc(C)c1. The van der Waals surface area contributed by atoms with Gasteiger partial charge in [-0.25, -0.2) is 4.98 Å². The van der Waals surface area contributed by atoms with E-state index in [-0.39, 0.29) is 11.9 Å². The topological polar surface area (TPSA) is 59.8 Å². The first-order chi connectivity index (χ1) is 18.1. The lowest BCUT2D eigenvalue weighted by molar-refractivity contribution is -0.131. The van der Waals surface area contributed by atoms with E-state index in [1.807, 2.05) is 42.0 Å². The maximum Gasteiger partial charge on any atom is 0.250 e. The molecule has 0 unspecified atom stereocenters. The summed E-state index contributed by atoms with van der Waals surface area (Å²) < 4.78 is 13.2. The highest BCUT2D eigenvalue weighted by molar-refractivity contribution is 5.99. The molecule has 3 aliphatic rings. The van der Waals surface area contributed by atoms with Gasteiger partial charge in [-0.2, -0.15) is 0 Å². The molecule has 0 spiro atoms. The van der Waals surface area contributed by atoms with Crippen LogP contribution < -0.4 is 9.64 Å². The number of methoxy groups -OCH3 is 1. The van der Waals surface area contributed by atoms with Crippen molar-refractivity contribution in [2.75, 3.05) is 44.9 Å². The van der Waals surface area contributed by atoms with Gasteiger partial charge in [-0.05, 0) is 73.6 Å². The number of anilines is 1. The van der Waals surface area contributed by atoms with E-state index in [0.29, 0.717) is 0 Å². The fraction of sp³-hybridized carbons (Fsp3) is 0.400. The number of rotatable bonds is 5. The van der Waals surface area contributed by atoms with Crippen LogP contribution in [0, 0.1) is 6.92 Å². The van der Waals surface area contributed by atoms with Gasteiger partial charge in [0, 0.05) is 37.1 Å². The Morgan fingerprint density at radius 2 is 1.95 bits per heavy atom. The third kappa shape index (κ3) is 4.53. The van der Waals surface area contributed by atoms with Crippen LogP contribution in [0.2, 0.25) is 0 Å². The van der Waals surface area contributed by atoms with Crippen LogP contribution in [-0.2, 0) is 16.0 Å². The van der Waals surface area contributed by atoms with Crippen molar-refractivity contribution in [1.29, 1.82) is 0 Å². The predicted molar refractivity (Wildman–Crippen MR) is 144 cm³/mol. The molecule has 1 amide bonds. The molecule has 1 aromatic heterocycles. The Kier molecular flexibility index (Phi) is 6.47. The number of carbonyl (C=O) groups excluding carboxylic acids is 1. The molecule has 2 aliphatic heterocycles. The van der Waals surface area contributed by atoms with Gasteiger partial charge in [0.05, 0.1) is 44.1 Å². The molecule has 0 saturated carbocycles. The van der Waals surface area contributed by atoms with Crippen LogP contribution in [0.15, 0.2) is 54.5 Å². The molecular formula is C30H34N4O3. The van der Waals surface area contributed by atoms with E-state index < -0.39 is 0 Å². The van der Waals surface area contributed by atoms with Gasteiger partial charge in [-0.3, -0.25) is 4.79 Å². The smallest absolute Gasteiger partial charge is 0.250 e. The number of ether oxygens (including phenoxy) is 2. The molecule has 2 saturated heterocycles. The number of fused-ring (bicyclic) bond motifs is 1. The molecule has 1 atom stereocenters. The quantitative estimate of drug-likeness (QED) is 0.477. The highest BCUT2D eigenvalue weighted by Gasteiger charge is 2.35. The summed E-state index contributed by atoms with van der Waals surface area (Å²) in [5.41, 5.74) is 7.78. The number of aryl methyl sites for hydroxylation is 1. The molecule has 3 aromatic rings. The first kappa shape index (κ1) is 23.8. The van der Waals surface area contributed by atoms with E-state index in [4.69, 9.17) is 9.47 Å². The average Bonchev–Trinajstić information content (AvgIpc) is 3.56. The zero-order valence-corrected chi connectivity index (χ0v) is 21.7. The summed E-state index contributed by atoms with van der Waals surface area (Å²) in [5, 5.41) is 0. The molecule has 192 valence electrons. The number of carbonyl (C=O) groups is 1. The number of likely N-dealkylation sites (tertiary alicyclic amines) is 1. The van der Waals surface area contributed by atoms with Gasteiger partial charge in [0.2, 0.25) is 5.91 Å². The maximum atomic E-state index is 13.7. The molecule has 2 fully saturated rings. The fourth-order valence-corrected chi connectivity index (χ4v) is 6.05. The van der Waals surface area contributed by atoms with Gasteiger partial charge in [0.25, 0.3) is 0 Å². The van der Waals surface area contributed by atoms with Gasteiger partial charge >= 0.3 is 0 Å². The number of morpholine rings is 1. The Labute approximate surface area is 218 Å². The average molecular weight is 499 g/mol. The lowest BCUT2D eigenvalue weighted by Gasteiger charge is -2.35. The Morgan fingerprint density at radius 3 is 2.73 bits per heavy atom. The minimum atomic E-state index is 0.147. The number of amides is 1. The van der Waals surface area contributed by atoms with Crippen LogP contribution in [0.25, 0.3) is 11.8 Å². The molecule has 0 radical (unpaired) electrons. The number of aromatic nitrogens is 2. The Balaban J connectivity index is 1.25. The molecule has 1 aliphatic carbocycles. The minimum Gasteiger partial charge on any atom is -0.495 e. The largest absolute Gasteiger partial charge is 0.495 e. The van der Waals surface area contributed by atoms with E-state index in [1.54, 1.807) is 13.4 Å². The number of imidazole rings is 1. The molecule has 7 nitrogen and oxygen atoms in total. The Morgan fingerprint density at radius 1 is 1.08 bits per heavy atom. The van der Waals surface area contributed by atoms with E-state index in [2.05, 4.69) is 33.0 Å². The van der Waals surface area contributed by atoms with Crippen molar-refractivity contribution in [3.8, 4) is 11.4 Å². The highest BCUT2D eigenvalue weighted by Crippen LogP contribution is 2.42. The summed E-state index contributed by atoms with van der Waals surface area (Å²) in [4.78, 5) is 22.6. The van der Waals surface area contributed by atoms with Crippen LogP contribution in [-0.4, -0.2) is 60.3 Å². The zero-order chi connectivity index (χ0) is 25.4. The molecule has 2 aromatic carbocycles. The molecule has 0 N–H and O–H groups in total. The number of hydrogen-bond donors (Lipinski definition) is 0. The zero-order valence-electron chi connectivity index (χ0n) is 21.7. The second-order valence-electron chi connectivity index (χ2n) is 10.1.